The summed E-state index contributed by atoms with van der Waals surface area (Å²) in [6, 6.07) is 32.0. The van der Waals surface area contributed by atoms with Crippen molar-refractivity contribution in [1.82, 2.24) is 0 Å². The average molecular weight is 709 g/mol. The van der Waals surface area contributed by atoms with Crippen LogP contribution in [0, 0.1) is 0 Å². The lowest BCUT2D eigenvalue weighted by Gasteiger charge is -2.31. The van der Waals surface area contributed by atoms with Gasteiger partial charge >= 0.3 is 11.9 Å². The van der Waals surface area contributed by atoms with E-state index in [4.69, 9.17) is 37.9 Å². The van der Waals surface area contributed by atoms with Crippen molar-refractivity contribution in [3.05, 3.63) is 133 Å². The molecule has 0 aromatic heterocycles. The van der Waals surface area contributed by atoms with E-state index in [-0.39, 0.29) is 0 Å². The molecule has 0 radical (unpaired) electrons. The summed E-state index contributed by atoms with van der Waals surface area (Å²) >= 11 is 0. The number of rotatable bonds is 20. The summed E-state index contributed by atoms with van der Waals surface area (Å²) in [5, 5.41) is 0. The number of carbonyl (C=O) groups excluding carboxylic acids is 2. The van der Waals surface area contributed by atoms with Gasteiger partial charge in [0.25, 0.3) is 0 Å². The molecule has 1 aliphatic rings. The number of hydrogen-bond donors (Lipinski definition) is 0. The van der Waals surface area contributed by atoms with Crippen LogP contribution in [0.4, 0.5) is 0 Å². The highest BCUT2D eigenvalue weighted by Gasteiger charge is 2.28. The van der Waals surface area contributed by atoms with E-state index < -0.39 is 24.5 Å². The van der Waals surface area contributed by atoms with Crippen molar-refractivity contribution in [2.75, 3.05) is 39.6 Å². The van der Waals surface area contributed by atoms with Crippen molar-refractivity contribution in [2.24, 2.45) is 0 Å². The lowest BCUT2D eigenvalue weighted by molar-refractivity contribution is -0.326. The van der Waals surface area contributed by atoms with Crippen LogP contribution in [0.25, 0.3) is 22.3 Å². The Kier molecular flexibility index (Phi) is 15.0. The molecule has 52 heavy (non-hydrogen) atoms. The first-order chi connectivity index (χ1) is 25.5. The van der Waals surface area contributed by atoms with Crippen LogP contribution in [0.5, 0.6) is 11.5 Å². The maximum Gasteiger partial charge on any atom is 0.330 e. The molecule has 1 aliphatic heterocycles. The number of ether oxygens (including phenoxy) is 8. The van der Waals surface area contributed by atoms with Crippen LogP contribution in [0.15, 0.2) is 122 Å². The normalized spacial score (nSPS) is 15.3. The lowest BCUT2D eigenvalue weighted by atomic mass is 10.0. The quantitative estimate of drug-likeness (QED) is 0.0522. The van der Waals surface area contributed by atoms with Gasteiger partial charge in [0.1, 0.15) is 11.5 Å². The highest BCUT2D eigenvalue weighted by molar-refractivity contribution is 5.81. The largest absolute Gasteiger partial charge is 0.493 e. The maximum atomic E-state index is 11.1. The van der Waals surface area contributed by atoms with Crippen LogP contribution in [0.1, 0.15) is 24.0 Å². The molecule has 0 spiro atoms. The molecule has 10 heteroatoms. The summed E-state index contributed by atoms with van der Waals surface area (Å²) in [4.78, 5) is 22.2. The molecule has 0 N–H and O–H groups in total. The first kappa shape index (κ1) is 38.0. The van der Waals surface area contributed by atoms with Gasteiger partial charge < -0.3 is 37.9 Å². The first-order valence-electron chi connectivity index (χ1n) is 17.2. The molecule has 10 nitrogen and oxygen atoms in total. The van der Waals surface area contributed by atoms with Crippen molar-refractivity contribution >= 4 is 11.9 Å². The van der Waals surface area contributed by atoms with Gasteiger partial charge in [0.15, 0.2) is 0 Å². The Labute approximate surface area is 304 Å². The van der Waals surface area contributed by atoms with Gasteiger partial charge in [-0.05, 0) is 57.6 Å². The second-order valence-electron chi connectivity index (χ2n) is 11.7. The van der Waals surface area contributed by atoms with Gasteiger partial charge in [-0.15, -0.1) is 0 Å². The van der Waals surface area contributed by atoms with Crippen LogP contribution >= 0.6 is 0 Å². The topological polar surface area (TPSA) is 108 Å². The van der Waals surface area contributed by atoms with Gasteiger partial charge in [0.2, 0.25) is 12.6 Å². The minimum absolute atomic E-state index is 0.291. The van der Waals surface area contributed by atoms with E-state index in [0.29, 0.717) is 65.7 Å². The molecule has 2 atom stereocenters. The van der Waals surface area contributed by atoms with Crippen LogP contribution in [0.3, 0.4) is 0 Å². The highest BCUT2D eigenvalue weighted by atomic mass is 16.8. The van der Waals surface area contributed by atoms with Gasteiger partial charge in [-0.1, -0.05) is 86.0 Å². The maximum absolute atomic E-state index is 11.1. The van der Waals surface area contributed by atoms with E-state index in [1.54, 1.807) is 0 Å². The molecule has 0 aliphatic carbocycles. The molecular formula is C42H44O10. The molecule has 1 saturated heterocycles. The van der Waals surface area contributed by atoms with Gasteiger partial charge in [-0.2, -0.15) is 0 Å². The van der Waals surface area contributed by atoms with E-state index >= 15 is 0 Å². The molecule has 1 heterocycles. The third kappa shape index (κ3) is 12.2. The van der Waals surface area contributed by atoms with Gasteiger partial charge in [0, 0.05) is 25.0 Å². The van der Waals surface area contributed by atoms with Crippen molar-refractivity contribution in [3.63, 3.8) is 0 Å². The standard InChI is InChI=1S/C42H44O10/c1-3-39(43)47-25-5-23-45-37-19-15-35(16-20-37)33-11-7-31(8-12-33)29-51-41-42(50-28-27-49-41)52-30-32-9-13-34(14-10-32)36-17-21-38(22-18-36)46-24-6-26-48-40(44)4-2/h3-4,7-22,41-42H,1-2,5-6,23-30H2/t41-,42-/m1/s1. The third-order valence-corrected chi connectivity index (χ3v) is 7.92. The van der Waals surface area contributed by atoms with E-state index in [9.17, 15) is 9.59 Å². The Bertz CT molecular complexity index is 1570. The zero-order valence-electron chi connectivity index (χ0n) is 29.1. The Morgan fingerprint density at radius 2 is 0.885 bits per heavy atom. The molecular weight excluding hydrogens is 664 g/mol. The number of benzene rings is 4. The summed E-state index contributed by atoms with van der Waals surface area (Å²) in [5.41, 5.74) is 6.25. The molecule has 0 saturated carbocycles. The fourth-order valence-electron chi connectivity index (χ4n) is 5.13. The summed E-state index contributed by atoms with van der Waals surface area (Å²) in [6.45, 7) is 9.76. The Morgan fingerprint density at radius 1 is 0.538 bits per heavy atom. The summed E-state index contributed by atoms with van der Waals surface area (Å²) in [6.07, 6.45) is 2.18. The zero-order valence-corrected chi connectivity index (χ0v) is 29.1. The van der Waals surface area contributed by atoms with Crippen LogP contribution in [-0.2, 0) is 51.2 Å². The van der Waals surface area contributed by atoms with E-state index in [1.807, 2.05) is 72.8 Å². The van der Waals surface area contributed by atoms with Gasteiger partial charge in [-0.3, -0.25) is 0 Å². The van der Waals surface area contributed by atoms with Crippen molar-refractivity contribution in [3.8, 4) is 33.8 Å². The fourth-order valence-corrected chi connectivity index (χ4v) is 5.13. The van der Waals surface area contributed by atoms with Gasteiger partial charge in [-0.25, -0.2) is 9.59 Å². The van der Waals surface area contributed by atoms with E-state index in [0.717, 1.165) is 57.0 Å². The minimum Gasteiger partial charge on any atom is -0.493 e. The van der Waals surface area contributed by atoms with Crippen molar-refractivity contribution in [2.45, 2.75) is 38.6 Å². The molecule has 4 aromatic carbocycles. The zero-order chi connectivity index (χ0) is 36.4. The smallest absolute Gasteiger partial charge is 0.330 e. The Morgan fingerprint density at radius 3 is 1.23 bits per heavy atom. The highest BCUT2D eigenvalue weighted by Crippen LogP contribution is 2.26. The Hall–Kier alpha value is -5.26. The average Bonchev–Trinajstić information content (AvgIpc) is 3.20. The molecule has 272 valence electrons. The third-order valence-electron chi connectivity index (χ3n) is 7.92. The van der Waals surface area contributed by atoms with Crippen LogP contribution < -0.4 is 9.47 Å². The van der Waals surface area contributed by atoms with Crippen LogP contribution in [0.2, 0.25) is 0 Å². The number of carbonyl (C=O) groups is 2. The predicted octanol–water partition coefficient (Wildman–Crippen LogP) is 7.45. The van der Waals surface area contributed by atoms with Gasteiger partial charge in [0.05, 0.1) is 52.9 Å². The predicted molar refractivity (Wildman–Crippen MR) is 195 cm³/mol. The molecule has 0 bridgehead atoms. The molecule has 5 rings (SSSR count). The number of esters is 2. The molecule has 4 aromatic rings. The van der Waals surface area contributed by atoms with Crippen molar-refractivity contribution in [1.29, 1.82) is 0 Å². The van der Waals surface area contributed by atoms with E-state index in [1.165, 1.54) is 0 Å². The summed E-state index contributed by atoms with van der Waals surface area (Å²) in [5.74, 6) is 0.639. The lowest BCUT2D eigenvalue weighted by Crippen LogP contribution is -2.41. The second-order valence-corrected chi connectivity index (χ2v) is 11.7. The monoisotopic (exact) mass is 708 g/mol. The second kappa shape index (κ2) is 20.6. The minimum atomic E-state index is -0.655. The molecule has 0 amide bonds. The summed E-state index contributed by atoms with van der Waals surface area (Å²) < 4.78 is 45.3. The molecule has 1 fully saturated rings. The first-order valence-corrected chi connectivity index (χ1v) is 17.2. The number of hydrogen-bond acceptors (Lipinski definition) is 10. The fraction of sp³-hybridized carbons (Fsp3) is 0.286. The van der Waals surface area contributed by atoms with Crippen LogP contribution in [-0.4, -0.2) is 64.2 Å². The van der Waals surface area contributed by atoms with Crippen molar-refractivity contribution < 1.29 is 47.5 Å². The molecule has 0 unspecified atom stereocenters. The summed E-state index contributed by atoms with van der Waals surface area (Å²) in [7, 11) is 0. The van der Waals surface area contributed by atoms with E-state index in [2.05, 4.69) is 37.4 Å². The Balaban J connectivity index is 1.03. The SMILES string of the molecule is C=CC(=O)OCCCOc1ccc(-c2ccc(CO[C@H]3OCCO[C@@H]3OCc3ccc(-c4ccc(OCCCOC(=O)C=C)cc4)cc3)cc2)cc1.